The summed E-state index contributed by atoms with van der Waals surface area (Å²) in [7, 11) is 0. The molecule has 0 aliphatic rings. The van der Waals surface area contributed by atoms with Crippen LogP contribution < -0.4 is 0 Å². The van der Waals surface area contributed by atoms with Crippen LogP contribution in [0, 0.1) is 0 Å². The fourth-order valence-corrected chi connectivity index (χ4v) is 0. The third-order valence-corrected chi connectivity index (χ3v) is 0. The Labute approximate surface area is 76.5 Å². The van der Waals surface area contributed by atoms with Crippen LogP contribution in [0.1, 0.15) is 0 Å². The van der Waals surface area contributed by atoms with Crippen molar-refractivity contribution in [3.8, 4) is 0 Å². The summed E-state index contributed by atoms with van der Waals surface area (Å²) in [6.07, 6.45) is 0. The van der Waals surface area contributed by atoms with E-state index in [9.17, 15) is 0 Å². The third kappa shape index (κ3) is 26.1. The number of rotatable bonds is 0. The molecule has 1 N–H and O–H groups in total. The molecule has 0 saturated heterocycles. The average molecular weight is 140 g/mol. The van der Waals surface area contributed by atoms with Crippen LogP contribution in [0.4, 0.5) is 0 Å². The van der Waals surface area contributed by atoms with E-state index < -0.39 is 15.4 Å². The molecule has 3 nitrogen and oxygen atoms in total. The molecule has 0 aliphatic heterocycles. The fraction of sp³-hybridized carbons (Fsp3) is 0. The second-order valence-corrected chi connectivity index (χ2v) is 0.981. The SMILES string of the molecule is [KH].[O]=[V](=[O])[OH]. The van der Waals surface area contributed by atoms with E-state index in [2.05, 4.69) is 0 Å². The van der Waals surface area contributed by atoms with Crippen molar-refractivity contribution in [1.82, 2.24) is 0 Å². The van der Waals surface area contributed by atoms with Crippen LogP contribution in [0.15, 0.2) is 0 Å². The standard InChI is InChI=1S/K.H2O.2O.V.H/h;1H2;;;;/q;;;;+1;/p-1. The predicted molar refractivity (Wildman–Crippen MR) is 10.7 cm³/mol. The Morgan fingerprint density at radius 1 is 1.40 bits per heavy atom. The first-order chi connectivity index (χ1) is 1.73. The van der Waals surface area contributed by atoms with Crippen LogP contribution in [-0.4, -0.2) is 55.4 Å². The molecular weight excluding hydrogens is 138 g/mol. The van der Waals surface area contributed by atoms with Crippen molar-refractivity contribution in [3.63, 3.8) is 0 Å². The summed E-state index contributed by atoms with van der Waals surface area (Å²) in [5.41, 5.74) is 0. The molecule has 0 amide bonds. The molecule has 0 aromatic heterocycles. The van der Waals surface area contributed by atoms with Gasteiger partial charge in [0.05, 0.1) is 0 Å². The van der Waals surface area contributed by atoms with Gasteiger partial charge in [0.15, 0.2) is 0 Å². The maximum absolute atomic E-state index is 8.67. The monoisotopic (exact) mass is 140 g/mol. The van der Waals surface area contributed by atoms with Gasteiger partial charge in [0, 0.05) is 0 Å². The van der Waals surface area contributed by atoms with E-state index in [0.717, 1.165) is 0 Å². The molecule has 0 radical (unpaired) electrons. The molecule has 0 heterocycles. The van der Waals surface area contributed by atoms with Crippen molar-refractivity contribution < 1.29 is 26.8 Å². The van der Waals surface area contributed by atoms with Gasteiger partial charge in [0.2, 0.25) is 0 Å². The summed E-state index contributed by atoms with van der Waals surface area (Å²) >= 11 is -3.69. The van der Waals surface area contributed by atoms with Gasteiger partial charge in [-0.1, -0.05) is 0 Å². The van der Waals surface area contributed by atoms with Crippen molar-refractivity contribution in [2.45, 2.75) is 0 Å². The van der Waals surface area contributed by atoms with E-state index in [-0.39, 0.29) is 51.4 Å². The van der Waals surface area contributed by atoms with Crippen molar-refractivity contribution >= 4 is 51.4 Å². The van der Waals surface area contributed by atoms with Crippen molar-refractivity contribution in [1.29, 1.82) is 0 Å². The maximum atomic E-state index is 8.67. The summed E-state index contributed by atoms with van der Waals surface area (Å²) in [4.78, 5) is 0. The second kappa shape index (κ2) is 5.78. The Morgan fingerprint density at radius 3 is 1.40 bits per heavy atom. The molecule has 0 aromatic rings. The van der Waals surface area contributed by atoms with Crippen LogP contribution in [0.25, 0.3) is 0 Å². The molecule has 0 aromatic carbocycles. The average Bonchev–Trinajstić information content (AvgIpc) is 0.811. The first kappa shape index (κ1) is 9.91. The van der Waals surface area contributed by atoms with Gasteiger partial charge >= 0.3 is 78.2 Å². The molecule has 0 aliphatic carbocycles. The van der Waals surface area contributed by atoms with E-state index in [0.29, 0.717) is 0 Å². The van der Waals surface area contributed by atoms with Gasteiger partial charge in [-0.3, -0.25) is 0 Å². The van der Waals surface area contributed by atoms with Gasteiger partial charge in [0.1, 0.15) is 0 Å². The quantitative estimate of drug-likeness (QED) is 0.419. The summed E-state index contributed by atoms with van der Waals surface area (Å²) in [5, 5.41) is 0. The van der Waals surface area contributed by atoms with Crippen LogP contribution >= 0.6 is 0 Å². The molecule has 26 valence electrons. The third-order valence-electron chi connectivity index (χ3n) is 0. The molecule has 5 heavy (non-hydrogen) atoms. The van der Waals surface area contributed by atoms with Gasteiger partial charge in [-0.2, -0.15) is 0 Å². The zero-order chi connectivity index (χ0) is 3.58. The molecule has 0 atom stereocenters. The molecular formula is H2KO3V. The Balaban J connectivity index is 0. The van der Waals surface area contributed by atoms with Gasteiger partial charge in [-0.05, 0) is 0 Å². The molecule has 0 saturated carbocycles. The van der Waals surface area contributed by atoms with E-state index in [1.165, 1.54) is 0 Å². The fourth-order valence-electron chi connectivity index (χ4n) is 0. The van der Waals surface area contributed by atoms with E-state index >= 15 is 0 Å². The zero-order valence-electron chi connectivity index (χ0n) is 1.71. The van der Waals surface area contributed by atoms with Crippen molar-refractivity contribution in [3.05, 3.63) is 0 Å². The summed E-state index contributed by atoms with van der Waals surface area (Å²) in [6, 6.07) is 0. The Hall–Kier alpha value is 1.78. The minimum atomic E-state index is -3.69. The summed E-state index contributed by atoms with van der Waals surface area (Å²) in [6.45, 7) is 0. The molecule has 0 fully saturated rings. The van der Waals surface area contributed by atoms with Crippen LogP contribution in [0.5, 0.6) is 0 Å². The molecule has 0 unspecified atom stereocenters. The molecule has 0 spiro atoms. The van der Waals surface area contributed by atoms with E-state index in [1.54, 1.807) is 0 Å². The zero-order valence-corrected chi connectivity index (χ0v) is 3.11. The van der Waals surface area contributed by atoms with Crippen LogP contribution in [-0.2, 0) is 22.7 Å². The summed E-state index contributed by atoms with van der Waals surface area (Å²) < 4.78 is 24.4. The molecule has 0 rings (SSSR count). The predicted octanol–water partition coefficient (Wildman–Crippen LogP) is -1.45. The van der Waals surface area contributed by atoms with Gasteiger partial charge in [0.25, 0.3) is 0 Å². The van der Waals surface area contributed by atoms with Crippen molar-refractivity contribution in [2.75, 3.05) is 0 Å². The van der Waals surface area contributed by atoms with Gasteiger partial charge in [-0.25, -0.2) is 0 Å². The van der Waals surface area contributed by atoms with Crippen molar-refractivity contribution in [2.24, 2.45) is 0 Å². The van der Waals surface area contributed by atoms with Gasteiger partial charge in [-0.15, -0.1) is 0 Å². The topological polar surface area (TPSA) is 54.4 Å². The first-order valence-electron chi connectivity index (χ1n) is 0.565. The molecule has 0 bridgehead atoms. The van der Waals surface area contributed by atoms with E-state index in [1.807, 2.05) is 0 Å². The normalized spacial score (nSPS) is 5.00. The Kier molecular flexibility index (Phi) is 11.5. The second-order valence-electron chi connectivity index (χ2n) is 0.238. The van der Waals surface area contributed by atoms with Crippen LogP contribution in [0.3, 0.4) is 0 Å². The Bertz CT molecular complexity index is 55.3. The van der Waals surface area contributed by atoms with Gasteiger partial charge < -0.3 is 0 Å². The van der Waals surface area contributed by atoms with Crippen LogP contribution in [0.2, 0.25) is 0 Å². The first-order valence-corrected chi connectivity index (χ1v) is 2.33. The number of hydrogen-bond donors (Lipinski definition) is 1. The Morgan fingerprint density at radius 2 is 1.40 bits per heavy atom. The minimum absolute atomic E-state index is 0. The summed E-state index contributed by atoms with van der Waals surface area (Å²) in [5.74, 6) is 0. The molecule has 5 heteroatoms. The van der Waals surface area contributed by atoms with E-state index in [4.69, 9.17) is 11.4 Å². The number of hydrogen-bond acceptors (Lipinski definition) is 2.